The molecule has 0 unspecified atom stereocenters. The van der Waals surface area contributed by atoms with Crippen LogP contribution in [0.1, 0.15) is 162 Å². The molecule has 25 nitrogen and oxygen atoms in total. The predicted molar refractivity (Wildman–Crippen MR) is 355 cm³/mol. The average molecular weight is 1300 g/mol. The highest BCUT2D eigenvalue weighted by molar-refractivity contribution is 6.00. The standard InChI is InChI=1S/C67H120N12O13/c1-25-27-30-43(13)56(80)55-60(84)70-47(26-2)63(87)72(17)46(16)62(86)77(22)54(51(92-24)37-79-33-28-29-34-79)59(83)71-52(41(9)10)66(90)73(18)48(32-31-38(3)4)58(82)68-44(14)57(81)69-45(15)61(85)74(19)49(35-39(5)6)64(88)75(20)50(36-40(7)8)65(89)76(21)53(42(11)12)67(91)78(55)23/h25,27,38-56,80H,26,28-37H2,1-24H3,(H,68,82)(H,69,81)(H,70,84)(H,71,83)/b27-25+/t43-,44+,45-,46-,47+,48+,49+,50+,51+,52+,53+,54+,55+,56-/m1/s1. The Labute approximate surface area is 550 Å². The van der Waals surface area contributed by atoms with E-state index < -0.39 is 161 Å². The van der Waals surface area contributed by atoms with E-state index >= 15 is 24.0 Å². The second-order valence-corrected chi connectivity index (χ2v) is 27.9. The third-order valence-electron chi connectivity index (χ3n) is 18.4. The minimum Gasteiger partial charge on any atom is -0.390 e. The number of likely N-dealkylation sites (N-methyl/N-ethyl adjacent to an activating group) is 7. The lowest BCUT2D eigenvalue weighted by molar-refractivity contribution is -0.157. The van der Waals surface area contributed by atoms with Crippen LogP contribution in [0, 0.1) is 35.5 Å². The summed E-state index contributed by atoms with van der Waals surface area (Å²) in [6.07, 6.45) is 4.16. The molecule has 2 rings (SSSR count). The molecule has 11 amide bonds. The molecule has 2 saturated heterocycles. The Bertz CT molecular complexity index is 2520. The van der Waals surface area contributed by atoms with Crippen LogP contribution >= 0.6 is 0 Å². The van der Waals surface area contributed by atoms with Crippen molar-refractivity contribution >= 4 is 65.0 Å². The third kappa shape index (κ3) is 21.9. The van der Waals surface area contributed by atoms with Crippen molar-refractivity contribution < 1.29 is 62.6 Å². The van der Waals surface area contributed by atoms with Crippen molar-refractivity contribution in [3.05, 3.63) is 12.2 Å². The first-order chi connectivity index (χ1) is 42.7. The number of hydrogen-bond donors (Lipinski definition) is 5. The van der Waals surface area contributed by atoms with Gasteiger partial charge < -0.3 is 70.3 Å². The first-order valence-corrected chi connectivity index (χ1v) is 33.4. The number of nitrogens with zero attached hydrogens (tertiary/aromatic N) is 8. The molecule has 5 N–H and O–H groups in total. The lowest BCUT2D eigenvalue weighted by atomic mass is 9.91. The molecule has 2 aliphatic heterocycles. The van der Waals surface area contributed by atoms with Crippen molar-refractivity contribution in [1.82, 2.24) is 60.5 Å². The van der Waals surface area contributed by atoms with E-state index in [1.54, 1.807) is 54.5 Å². The molecule has 0 aromatic rings. The molecule has 0 saturated carbocycles. The first kappa shape index (κ1) is 81.9. The Morgan fingerprint density at radius 3 is 1.47 bits per heavy atom. The molecular weight excluding hydrogens is 1180 g/mol. The lowest BCUT2D eigenvalue weighted by Gasteiger charge is -2.41. The highest BCUT2D eigenvalue weighted by Gasteiger charge is 2.47. The summed E-state index contributed by atoms with van der Waals surface area (Å²) in [5.74, 6) is -9.69. The summed E-state index contributed by atoms with van der Waals surface area (Å²) in [5, 5.41) is 23.4. The summed E-state index contributed by atoms with van der Waals surface area (Å²) in [6, 6.07) is -14.1. The van der Waals surface area contributed by atoms with Crippen LogP contribution in [0.25, 0.3) is 0 Å². The number of aliphatic hydroxyl groups is 1. The van der Waals surface area contributed by atoms with Crippen LogP contribution in [0.5, 0.6) is 0 Å². The van der Waals surface area contributed by atoms with Gasteiger partial charge in [0.05, 0.1) is 12.2 Å². The monoisotopic (exact) mass is 1300 g/mol. The molecule has 2 aliphatic rings. The van der Waals surface area contributed by atoms with Crippen LogP contribution in [0.3, 0.4) is 0 Å². The summed E-state index contributed by atoms with van der Waals surface area (Å²) in [4.78, 5) is 174. The molecule has 0 aromatic carbocycles. The van der Waals surface area contributed by atoms with Gasteiger partial charge in [0.15, 0.2) is 0 Å². The summed E-state index contributed by atoms with van der Waals surface area (Å²) in [6.45, 7) is 29.5. The predicted octanol–water partition coefficient (Wildman–Crippen LogP) is 3.11. The van der Waals surface area contributed by atoms with Gasteiger partial charge in [-0.05, 0) is 128 Å². The fourth-order valence-corrected chi connectivity index (χ4v) is 12.2. The lowest BCUT2D eigenvalue weighted by Crippen LogP contribution is -2.64. The molecule has 0 aliphatic carbocycles. The Morgan fingerprint density at radius 2 is 0.989 bits per heavy atom. The van der Waals surface area contributed by atoms with Crippen LogP contribution in [-0.4, -0.2) is 264 Å². The normalized spacial score (nSPS) is 28.0. The van der Waals surface area contributed by atoms with Gasteiger partial charge in [0, 0.05) is 63.0 Å². The molecular formula is C67H120N12O13. The largest absolute Gasteiger partial charge is 0.390 e. The maximum atomic E-state index is 15.3. The number of carbonyl (C=O) groups is 11. The number of hydrogen-bond acceptors (Lipinski definition) is 14. The van der Waals surface area contributed by atoms with E-state index in [-0.39, 0.29) is 50.0 Å². The van der Waals surface area contributed by atoms with Crippen molar-refractivity contribution in [1.29, 1.82) is 0 Å². The first-order valence-electron chi connectivity index (χ1n) is 33.4. The van der Waals surface area contributed by atoms with Gasteiger partial charge in [-0.15, -0.1) is 0 Å². The highest BCUT2D eigenvalue weighted by Crippen LogP contribution is 2.26. The number of allylic oxidation sites excluding steroid dienone is 2. The quantitative estimate of drug-likeness (QED) is 0.123. The van der Waals surface area contributed by atoms with Crippen molar-refractivity contribution in [2.45, 2.75) is 241 Å². The fraction of sp³-hybridized carbons (Fsp3) is 0.806. The second-order valence-electron chi connectivity index (χ2n) is 27.9. The molecule has 0 bridgehead atoms. The Hall–Kier alpha value is -6.21. The molecule has 2 heterocycles. The van der Waals surface area contributed by atoms with Gasteiger partial charge in [0.25, 0.3) is 0 Å². The number of aliphatic hydroxyl groups excluding tert-OH is 1. The van der Waals surface area contributed by atoms with Crippen LogP contribution in [0.2, 0.25) is 0 Å². The van der Waals surface area contributed by atoms with E-state index in [1.807, 2.05) is 47.6 Å². The van der Waals surface area contributed by atoms with Gasteiger partial charge in [-0.3, -0.25) is 52.7 Å². The smallest absolute Gasteiger partial charge is 0.246 e. The molecule has 0 spiro atoms. The number of amides is 11. The summed E-state index contributed by atoms with van der Waals surface area (Å²) < 4.78 is 6.05. The maximum Gasteiger partial charge on any atom is 0.246 e. The third-order valence-corrected chi connectivity index (χ3v) is 18.4. The topological polar surface area (TPSA) is 291 Å². The summed E-state index contributed by atoms with van der Waals surface area (Å²) in [5.41, 5.74) is 0. The minimum absolute atomic E-state index is 0.00366. The molecule has 0 aromatic heterocycles. The van der Waals surface area contributed by atoms with Crippen LogP contribution in [0.15, 0.2) is 12.2 Å². The molecule has 25 heteroatoms. The van der Waals surface area contributed by atoms with E-state index in [2.05, 4.69) is 26.2 Å². The summed E-state index contributed by atoms with van der Waals surface area (Å²) in [7, 11) is 11.4. The minimum atomic E-state index is -1.64. The van der Waals surface area contributed by atoms with Crippen LogP contribution in [0.4, 0.5) is 0 Å². The van der Waals surface area contributed by atoms with Gasteiger partial charge in [0.1, 0.15) is 66.5 Å². The van der Waals surface area contributed by atoms with E-state index in [4.69, 9.17) is 4.74 Å². The van der Waals surface area contributed by atoms with E-state index in [1.165, 1.54) is 102 Å². The molecule has 92 heavy (non-hydrogen) atoms. The van der Waals surface area contributed by atoms with E-state index in [0.717, 1.165) is 22.6 Å². The number of carbonyl (C=O) groups excluding carboxylic acids is 11. The zero-order valence-electron chi connectivity index (χ0n) is 60.3. The Kier molecular flexibility index (Phi) is 33.5. The number of rotatable bonds is 18. The van der Waals surface area contributed by atoms with Gasteiger partial charge in [-0.2, -0.15) is 0 Å². The second kappa shape index (κ2) is 37.6. The van der Waals surface area contributed by atoms with Crippen molar-refractivity contribution in [2.24, 2.45) is 35.5 Å². The summed E-state index contributed by atoms with van der Waals surface area (Å²) >= 11 is 0. The number of nitrogens with one attached hydrogen (secondary N) is 4. The average Bonchev–Trinajstić information content (AvgIpc) is 0.837. The van der Waals surface area contributed by atoms with Gasteiger partial charge in [-0.1, -0.05) is 95.2 Å². The SMILES string of the molecule is C/C=C/C[C@@H](C)[C@@H](O)[C@H]1C(=O)N[C@@H](CC)C(=O)N(C)[C@H](C)C(=O)N(C)[C@@H]([C@H](CN2CCCC2)OC)C(=O)N[C@@H](C(C)C)C(=O)N(C)[C@@H](CCC(C)C)C(=O)N[C@@H](C)C(=O)N[C@H](C)C(=O)N(C)[C@@H](CC(C)C)C(=O)N(C)[C@@H](CC(C)C)C(=O)N(C)[C@@H](C(C)C)C(=O)N1C. The number of likely N-dealkylation sites (tertiary alicyclic amines) is 1. The maximum absolute atomic E-state index is 15.3. The zero-order chi connectivity index (χ0) is 70.7. The van der Waals surface area contributed by atoms with Crippen molar-refractivity contribution in [3.63, 3.8) is 0 Å². The number of methoxy groups -OCH3 is 1. The highest BCUT2D eigenvalue weighted by atomic mass is 16.5. The molecule has 14 atom stereocenters. The van der Waals surface area contributed by atoms with Gasteiger partial charge >= 0.3 is 0 Å². The number of ether oxygens (including phenoxy) is 1. The van der Waals surface area contributed by atoms with Crippen molar-refractivity contribution in [2.75, 3.05) is 76.1 Å². The van der Waals surface area contributed by atoms with E-state index in [9.17, 15) is 33.9 Å². The fourth-order valence-electron chi connectivity index (χ4n) is 12.2. The molecule has 0 radical (unpaired) electrons. The van der Waals surface area contributed by atoms with Crippen molar-refractivity contribution in [3.8, 4) is 0 Å². The molecule has 526 valence electrons. The molecule has 2 fully saturated rings. The van der Waals surface area contributed by atoms with Gasteiger partial charge in [-0.25, -0.2) is 0 Å². The van der Waals surface area contributed by atoms with Crippen LogP contribution in [-0.2, 0) is 57.5 Å². The van der Waals surface area contributed by atoms with Crippen LogP contribution < -0.4 is 21.3 Å². The van der Waals surface area contributed by atoms with E-state index in [0.29, 0.717) is 25.9 Å². The Morgan fingerprint density at radius 1 is 0.511 bits per heavy atom. The van der Waals surface area contributed by atoms with Gasteiger partial charge in [0.2, 0.25) is 65.0 Å². The zero-order valence-corrected chi connectivity index (χ0v) is 60.3. The Balaban J connectivity index is 3.07.